The van der Waals surface area contributed by atoms with Crippen LogP contribution in [-0.2, 0) is 5.41 Å². The smallest absolute Gasteiger partial charge is 0.258 e. The number of rotatable bonds is 5. The Kier molecular flexibility index (Phi) is 5.31. The minimum Gasteiger partial charge on any atom is -0.258 e. The maximum atomic E-state index is 11.7. The molecule has 0 amide bonds. The molecule has 3 heteroatoms. The van der Waals surface area contributed by atoms with Gasteiger partial charge in [0.25, 0.3) is 5.69 Å². The van der Waals surface area contributed by atoms with Crippen molar-refractivity contribution in [3.8, 4) is 11.1 Å². The first-order chi connectivity index (χ1) is 17.7. The Hall–Kier alpha value is -4.76. The van der Waals surface area contributed by atoms with Crippen LogP contribution in [-0.4, -0.2) is 4.92 Å². The third-order valence-corrected chi connectivity index (χ3v) is 7.06. The van der Waals surface area contributed by atoms with E-state index >= 15 is 0 Å². The Morgan fingerprint density at radius 1 is 0.528 bits per heavy atom. The Labute approximate surface area is 210 Å². The fourth-order valence-corrected chi connectivity index (χ4v) is 5.43. The minimum atomic E-state index is -0.613. The molecule has 0 heterocycles. The van der Waals surface area contributed by atoms with Gasteiger partial charge in [0, 0.05) is 12.1 Å². The van der Waals surface area contributed by atoms with E-state index < -0.39 is 5.41 Å². The van der Waals surface area contributed by atoms with E-state index in [9.17, 15) is 10.1 Å². The lowest BCUT2D eigenvalue weighted by molar-refractivity contribution is -0.384. The maximum Gasteiger partial charge on any atom is 0.270 e. The molecule has 0 saturated heterocycles. The molecular weight excluding hydrogens is 442 g/mol. The third-order valence-electron chi connectivity index (χ3n) is 7.06. The van der Waals surface area contributed by atoms with Crippen LogP contribution in [0.15, 0.2) is 140 Å². The van der Waals surface area contributed by atoms with Crippen LogP contribution in [0.2, 0.25) is 0 Å². The normalized spacial score (nSPS) is 13.3. The zero-order valence-corrected chi connectivity index (χ0v) is 19.5. The molecule has 0 fully saturated rings. The van der Waals surface area contributed by atoms with E-state index in [0.717, 1.165) is 44.5 Å². The van der Waals surface area contributed by atoms with Crippen molar-refractivity contribution >= 4 is 11.3 Å². The van der Waals surface area contributed by atoms with Gasteiger partial charge in [0.1, 0.15) is 0 Å². The van der Waals surface area contributed by atoms with Gasteiger partial charge >= 0.3 is 0 Å². The molecule has 5 aromatic carbocycles. The Morgan fingerprint density at radius 3 is 1.47 bits per heavy atom. The molecule has 0 aliphatic heterocycles. The van der Waals surface area contributed by atoms with Gasteiger partial charge in [-0.1, -0.05) is 121 Å². The summed E-state index contributed by atoms with van der Waals surface area (Å²) < 4.78 is 0. The van der Waals surface area contributed by atoms with Crippen LogP contribution in [0.5, 0.6) is 0 Å². The number of hydrogen-bond acceptors (Lipinski definition) is 2. The Morgan fingerprint density at radius 2 is 0.972 bits per heavy atom. The van der Waals surface area contributed by atoms with Crippen molar-refractivity contribution in [1.29, 1.82) is 0 Å². The summed E-state index contributed by atoms with van der Waals surface area (Å²) in [6, 6.07) is 44.9. The van der Waals surface area contributed by atoms with Gasteiger partial charge in [-0.25, -0.2) is 0 Å². The van der Waals surface area contributed by atoms with Crippen molar-refractivity contribution in [2.45, 2.75) is 5.41 Å². The molecule has 6 rings (SSSR count). The number of fused-ring (bicyclic) bond motifs is 3. The van der Waals surface area contributed by atoms with Crippen LogP contribution in [0.1, 0.15) is 27.8 Å². The summed E-state index contributed by atoms with van der Waals surface area (Å²) in [4.78, 5) is 11.4. The first-order valence-corrected chi connectivity index (χ1v) is 12.0. The Bertz CT molecular complexity index is 1490. The fraction of sp³-hybridized carbons (Fsp3) is 0.0303. The SMILES string of the molecule is O=[N+]([O-])c1ccc2c(c1)/C(=C\C(c1ccccc1)(c1ccccc1)c1ccccc1)c1ccccc1-2. The lowest BCUT2D eigenvalue weighted by atomic mass is 9.68. The molecule has 0 bridgehead atoms. The largest absolute Gasteiger partial charge is 0.270 e. The predicted octanol–water partition coefficient (Wildman–Crippen LogP) is 8.04. The van der Waals surface area contributed by atoms with Crippen LogP contribution in [0.3, 0.4) is 0 Å². The van der Waals surface area contributed by atoms with Gasteiger partial charge in [0.2, 0.25) is 0 Å². The van der Waals surface area contributed by atoms with E-state index in [-0.39, 0.29) is 10.6 Å². The number of non-ortho nitro benzene ring substituents is 1. The van der Waals surface area contributed by atoms with Gasteiger partial charge in [-0.15, -0.1) is 0 Å². The summed E-state index contributed by atoms with van der Waals surface area (Å²) in [5, 5.41) is 11.7. The predicted molar refractivity (Wildman–Crippen MR) is 145 cm³/mol. The van der Waals surface area contributed by atoms with Crippen molar-refractivity contribution < 1.29 is 4.92 Å². The number of allylic oxidation sites excluding steroid dienone is 1. The second-order valence-electron chi connectivity index (χ2n) is 9.00. The molecule has 5 aromatic rings. The second-order valence-corrected chi connectivity index (χ2v) is 9.00. The van der Waals surface area contributed by atoms with E-state index in [2.05, 4.69) is 91.0 Å². The summed E-state index contributed by atoms with van der Waals surface area (Å²) >= 11 is 0. The van der Waals surface area contributed by atoms with Crippen molar-refractivity contribution in [3.05, 3.63) is 177 Å². The average Bonchev–Trinajstić information content (AvgIpc) is 3.25. The van der Waals surface area contributed by atoms with Gasteiger partial charge in [-0.2, -0.15) is 0 Å². The standard InChI is InChI=1S/C33H23NO2/c35-34(36)27-20-21-30-28-18-10-11-19-29(28)32(31(30)22-27)23-33(24-12-4-1-5-13-24,25-14-6-2-7-15-25)26-16-8-3-9-17-26/h1-23H/b32-23-. The summed E-state index contributed by atoms with van der Waals surface area (Å²) in [6.07, 6.45) is 2.31. The highest BCUT2D eigenvalue weighted by atomic mass is 16.6. The first kappa shape index (κ1) is 21.8. The number of nitrogens with zero attached hydrogens (tertiary/aromatic N) is 1. The molecule has 0 unspecified atom stereocenters. The van der Waals surface area contributed by atoms with Gasteiger partial charge < -0.3 is 0 Å². The number of benzene rings is 5. The average molecular weight is 466 g/mol. The summed E-state index contributed by atoms with van der Waals surface area (Å²) in [5.74, 6) is 0. The highest BCUT2D eigenvalue weighted by Gasteiger charge is 2.37. The molecule has 172 valence electrons. The molecule has 0 saturated carbocycles. The van der Waals surface area contributed by atoms with E-state index in [1.807, 2.05) is 36.4 Å². The van der Waals surface area contributed by atoms with Crippen LogP contribution >= 0.6 is 0 Å². The van der Waals surface area contributed by atoms with E-state index in [4.69, 9.17) is 0 Å². The van der Waals surface area contributed by atoms with E-state index in [1.54, 1.807) is 12.1 Å². The van der Waals surface area contributed by atoms with Crippen LogP contribution in [0, 0.1) is 10.1 Å². The quantitative estimate of drug-likeness (QED) is 0.147. The van der Waals surface area contributed by atoms with Gasteiger partial charge in [0.15, 0.2) is 0 Å². The summed E-state index contributed by atoms with van der Waals surface area (Å²) in [5.41, 5.74) is 7.96. The number of hydrogen-bond donors (Lipinski definition) is 0. The van der Waals surface area contributed by atoms with Crippen molar-refractivity contribution in [2.24, 2.45) is 0 Å². The minimum absolute atomic E-state index is 0.0946. The maximum absolute atomic E-state index is 11.7. The molecule has 0 aromatic heterocycles. The fourth-order valence-electron chi connectivity index (χ4n) is 5.43. The molecule has 0 spiro atoms. The molecule has 3 nitrogen and oxygen atoms in total. The lowest BCUT2D eigenvalue weighted by Crippen LogP contribution is -2.27. The zero-order valence-electron chi connectivity index (χ0n) is 19.5. The topological polar surface area (TPSA) is 43.1 Å². The molecule has 0 atom stereocenters. The Balaban J connectivity index is 1.74. The highest BCUT2D eigenvalue weighted by molar-refractivity contribution is 6.02. The molecular formula is C33H23NO2. The van der Waals surface area contributed by atoms with Gasteiger partial charge in [-0.3, -0.25) is 10.1 Å². The summed E-state index contributed by atoms with van der Waals surface area (Å²) in [7, 11) is 0. The van der Waals surface area contributed by atoms with Crippen molar-refractivity contribution in [2.75, 3.05) is 0 Å². The highest BCUT2D eigenvalue weighted by Crippen LogP contribution is 2.50. The van der Waals surface area contributed by atoms with Crippen LogP contribution in [0.4, 0.5) is 5.69 Å². The van der Waals surface area contributed by atoms with Crippen molar-refractivity contribution in [3.63, 3.8) is 0 Å². The lowest BCUT2D eigenvalue weighted by Gasteiger charge is -2.34. The monoisotopic (exact) mass is 465 g/mol. The first-order valence-electron chi connectivity index (χ1n) is 12.0. The molecule has 36 heavy (non-hydrogen) atoms. The third kappa shape index (κ3) is 3.45. The van der Waals surface area contributed by atoms with Gasteiger partial charge in [0.05, 0.1) is 10.3 Å². The van der Waals surface area contributed by atoms with E-state index in [0.29, 0.717) is 0 Å². The van der Waals surface area contributed by atoms with Crippen molar-refractivity contribution in [1.82, 2.24) is 0 Å². The van der Waals surface area contributed by atoms with Gasteiger partial charge in [-0.05, 0) is 50.6 Å². The number of nitro groups is 1. The second kappa shape index (κ2) is 8.79. The van der Waals surface area contributed by atoms with E-state index in [1.165, 1.54) is 0 Å². The number of nitro benzene ring substituents is 1. The zero-order chi connectivity index (χ0) is 24.5. The molecule has 0 N–H and O–H groups in total. The molecule has 1 aliphatic carbocycles. The summed E-state index contributed by atoms with van der Waals surface area (Å²) in [6.45, 7) is 0. The van der Waals surface area contributed by atoms with Crippen LogP contribution in [0.25, 0.3) is 16.7 Å². The van der Waals surface area contributed by atoms with Crippen LogP contribution < -0.4 is 0 Å². The molecule has 1 aliphatic rings. The molecule has 0 radical (unpaired) electrons.